The summed E-state index contributed by atoms with van der Waals surface area (Å²) < 4.78 is 0. The standard InChI is InChI=1S/C16H14ClN3O/c17-13-6-2-8-15(11-13)20-16(21)19-14-7-1-4-12(10-14)5-3-9-18/h1-2,4,6-8,10-11H,9,18H2,(H2,19,20,21). The Morgan fingerprint density at radius 2 is 1.76 bits per heavy atom. The lowest BCUT2D eigenvalue weighted by Gasteiger charge is -2.08. The fourth-order valence-corrected chi connectivity index (χ4v) is 1.88. The molecule has 0 fully saturated rings. The van der Waals surface area contributed by atoms with Crippen LogP contribution in [0.3, 0.4) is 0 Å². The zero-order chi connectivity index (χ0) is 15.1. The summed E-state index contributed by atoms with van der Waals surface area (Å²) in [5.41, 5.74) is 7.40. The maximum Gasteiger partial charge on any atom is 0.323 e. The zero-order valence-corrected chi connectivity index (χ0v) is 11.9. The third-order valence-corrected chi connectivity index (χ3v) is 2.77. The Balaban J connectivity index is 2.02. The average molecular weight is 300 g/mol. The van der Waals surface area contributed by atoms with Crippen LogP contribution in [0.2, 0.25) is 5.02 Å². The van der Waals surface area contributed by atoms with Crippen molar-refractivity contribution in [3.8, 4) is 11.8 Å². The summed E-state index contributed by atoms with van der Waals surface area (Å²) in [7, 11) is 0. The average Bonchev–Trinajstić information content (AvgIpc) is 2.45. The summed E-state index contributed by atoms with van der Waals surface area (Å²) in [5.74, 6) is 5.68. The number of amides is 2. The molecule has 0 aliphatic heterocycles. The van der Waals surface area contributed by atoms with E-state index in [1.54, 1.807) is 36.4 Å². The van der Waals surface area contributed by atoms with Crippen molar-refractivity contribution in [2.45, 2.75) is 0 Å². The van der Waals surface area contributed by atoms with Crippen molar-refractivity contribution in [1.82, 2.24) is 0 Å². The monoisotopic (exact) mass is 299 g/mol. The summed E-state index contributed by atoms with van der Waals surface area (Å²) in [6.07, 6.45) is 0. The molecule has 21 heavy (non-hydrogen) atoms. The molecule has 5 heteroatoms. The van der Waals surface area contributed by atoms with Crippen LogP contribution < -0.4 is 16.4 Å². The highest BCUT2D eigenvalue weighted by molar-refractivity contribution is 6.30. The number of anilines is 2. The van der Waals surface area contributed by atoms with Gasteiger partial charge in [-0.15, -0.1) is 0 Å². The third kappa shape index (κ3) is 4.84. The summed E-state index contributed by atoms with van der Waals surface area (Å²) >= 11 is 5.86. The Morgan fingerprint density at radius 3 is 2.43 bits per heavy atom. The maximum atomic E-state index is 11.9. The van der Waals surface area contributed by atoms with Gasteiger partial charge in [-0.3, -0.25) is 0 Å². The second-order valence-corrected chi connectivity index (χ2v) is 4.61. The van der Waals surface area contributed by atoms with E-state index in [-0.39, 0.29) is 6.03 Å². The summed E-state index contributed by atoms with van der Waals surface area (Å²) in [5, 5.41) is 6.00. The molecule has 0 atom stereocenters. The van der Waals surface area contributed by atoms with Crippen molar-refractivity contribution < 1.29 is 4.79 Å². The summed E-state index contributed by atoms with van der Waals surface area (Å²) in [4.78, 5) is 11.9. The predicted octanol–water partition coefficient (Wildman–Crippen LogP) is 3.29. The highest BCUT2D eigenvalue weighted by Gasteiger charge is 2.03. The van der Waals surface area contributed by atoms with Gasteiger partial charge in [0.2, 0.25) is 0 Å². The van der Waals surface area contributed by atoms with Crippen LogP contribution in [0.15, 0.2) is 48.5 Å². The van der Waals surface area contributed by atoms with Crippen LogP contribution >= 0.6 is 11.6 Å². The van der Waals surface area contributed by atoms with Crippen molar-refractivity contribution >= 4 is 29.0 Å². The minimum Gasteiger partial charge on any atom is -0.320 e. The molecule has 0 unspecified atom stereocenters. The molecule has 4 N–H and O–H groups in total. The molecule has 0 saturated heterocycles. The Bertz CT molecular complexity index is 704. The maximum absolute atomic E-state index is 11.9. The minimum atomic E-state index is -0.346. The number of nitrogens with one attached hydrogen (secondary N) is 2. The van der Waals surface area contributed by atoms with E-state index < -0.39 is 0 Å². The number of nitrogens with two attached hydrogens (primary N) is 1. The van der Waals surface area contributed by atoms with Crippen molar-refractivity contribution in [1.29, 1.82) is 0 Å². The second-order valence-electron chi connectivity index (χ2n) is 4.18. The van der Waals surface area contributed by atoms with Gasteiger partial charge < -0.3 is 16.4 Å². The topological polar surface area (TPSA) is 67.1 Å². The second kappa shape index (κ2) is 7.34. The van der Waals surface area contributed by atoms with Crippen molar-refractivity contribution in [3.05, 3.63) is 59.1 Å². The van der Waals surface area contributed by atoms with Gasteiger partial charge in [-0.05, 0) is 36.4 Å². The normalized spacial score (nSPS) is 9.43. The molecule has 2 aromatic carbocycles. The van der Waals surface area contributed by atoms with Gasteiger partial charge in [0.1, 0.15) is 0 Å². The van der Waals surface area contributed by atoms with E-state index in [0.29, 0.717) is 22.9 Å². The molecular weight excluding hydrogens is 286 g/mol. The molecule has 0 spiro atoms. The van der Waals surface area contributed by atoms with Crippen LogP contribution in [0, 0.1) is 11.8 Å². The first-order valence-electron chi connectivity index (χ1n) is 6.30. The van der Waals surface area contributed by atoms with E-state index in [9.17, 15) is 4.79 Å². The molecule has 4 nitrogen and oxygen atoms in total. The number of hydrogen-bond acceptors (Lipinski definition) is 2. The number of hydrogen-bond donors (Lipinski definition) is 3. The Morgan fingerprint density at radius 1 is 1.10 bits per heavy atom. The van der Waals surface area contributed by atoms with E-state index in [1.807, 2.05) is 12.1 Å². The van der Waals surface area contributed by atoms with Crippen LogP contribution in [-0.4, -0.2) is 12.6 Å². The first-order valence-corrected chi connectivity index (χ1v) is 6.68. The number of urea groups is 1. The largest absolute Gasteiger partial charge is 0.323 e. The summed E-state index contributed by atoms with van der Waals surface area (Å²) in [6.45, 7) is 0.299. The molecule has 0 aromatic heterocycles. The van der Waals surface area contributed by atoms with Gasteiger partial charge in [-0.2, -0.15) is 0 Å². The minimum absolute atomic E-state index is 0.299. The first-order chi connectivity index (χ1) is 10.2. The summed E-state index contributed by atoms with van der Waals surface area (Å²) in [6, 6.07) is 13.8. The van der Waals surface area contributed by atoms with Crippen LogP contribution in [0.5, 0.6) is 0 Å². The van der Waals surface area contributed by atoms with Crippen molar-refractivity contribution in [3.63, 3.8) is 0 Å². The van der Waals surface area contributed by atoms with Gasteiger partial charge in [0.05, 0.1) is 6.54 Å². The van der Waals surface area contributed by atoms with E-state index in [4.69, 9.17) is 17.3 Å². The predicted molar refractivity (Wildman–Crippen MR) is 86.5 cm³/mol. The van der Waals surface area contributed by atoms with E-state index in [1.165, 1.54) is 0 Å². The Hall–Kier alpha value is -2.48. The number of carbonyl (C=O) groups excluding carboxylic acids is 1. The van der Waals surface area contributed by atoms with Crippen LogP contribution in [0.1, 0.15) is 5.56 Å². The smallest absolute Gasteiger partial charge is 0.320 e. The quantitative estimate of drug-likeness (QED) is 0.745. The van der Waals surface area contributed by atoms with E-state index in [2.05, 4.69) is 22.5 Å². The lowest BCUT2D eigenvalue weighted by Crippen LogP contribution is -2.19. The molecule has 106 valence electrons. The first kappa shape index (κ1) is 14.9. The zero-order valence-electron chi connectivity index (χ0n) is 11.2. The van der Waals surface area contributed by atoms with Gasteiger partial charge in [0.15, 0.2) is 0 Å². The van der Waals surface area contributed by atoms with Gasteiger partial charge in [0, 0.05) is 22.0 Å². The van der Waals surface area contributed by atoms with E-state index in [0.717, 1.165) is 5.56 Å². The fourth-order valence-electron chi connectivity index (χ4n) is 1.69. The highest BCUT2D eigenvalue weighted by atomic mass is 35.5. The molecule has 0 radical (unpaired) electrons. The van der Waals surface area contributed by atoms with Crippen LogP contribution in [-0.2, 0) is 0 Å². The molecule has 0 aliphatic carbocycles. The lowest BCUT2D eigenvalue weighted by atomic mass is 10.2. The molecule has 0 aliphatic rings. The molecule has 0 bridgehead atoms. The molecule has 0 saturated carbocycles. The van der Waals surface area contributed by atoms with Gasteiger partial charge in [0.25, 0.3) is 0 Å². The van der Waals surface area contributed by atoms with Crippen LogP contribution in [0.4, 0.5) is 16.2 Å². The molecule has 2 rings (SSSR count). The lowest BCUT2D eigenvalue weighted by molar-refractivity contribution is 0.262. The number of halogens is 1. The van der Waals surface area contributed by atoms with Crippen molar-refractivity contribution in [2.75, 3.05) is 17.2 Å². The molecule has 2 aromatic rings. The number of carbonyl (C=O) groups is 1. The van der Waals surface area contributed by atoms with Crippen LogP contribution in [0.25, 0.3) is 0 Å². The molecular formula is C16H14ClN3O. The van der Waals surface area contributed by atoms with E-state index >= 15 is 0 Å². The van der Waals surface area contributed by atoms with Gasteiger partial charge in [-0.25, -0.2) is 4.79 Å². The Labute approximate surface area is 128 Å². The number of benzene rings is 2. The third-order valence-electron chi connectivity index (χ3n) is 2.54. The Kier molecular flexibility index (Phi) is 5.22. The molecule has 2 amide bonds. The fraction of sp³-hybridized carbons (Fsp3) is 0.0625. The van der Waals surface area contributed by atoms with Gasteiger partial charge >= 0.3 is 6.03 Å². The molecule has 0 heterocycles. The van der Waals surface area contributed by atoms with Crippen molar-refractivity contribution in [2.24, 2.45) is 5.73 Å². The number of rotatable bonds is 2. The highest BCUT2D eigenvalue weighted by Crippen LogP contribution is 2.15. The SMILES string of the molecule is NCC#Cc1cccc(NC(=O)Nc2cccc(Cl)c2)c1. The van der Waals surface area contributed by atoms with Gasteiger partial charge in [-0.1, -0.05) is 35.6 Å².